The van der Waals surface area contributed by atoms with E-state index in [1.54, 1.807) is 0 Å². The van der Waals surface area contributed by atoms with Crippen molar-refractivity contribution in [1.29, 1.82) is 0 Å². The molecule has 138 valence electrons. The molecular weight excluding hydrogens is 359 g/mol. The fraction of sp³-hybridized carbons (Fsp3) is 0.0385. The summed E-state index contributed by atoms with van der Waals surface area (Å²) in [5.41, 5.74) is 2.87. The molecule has 0 spiro atoms. The van der Waals surface area contributed by atoms with E-state index in [1.807, 2.05) is 24.3 Å². The monoisotopic (exact) mass is 382 g/mol. The molecule has 0 saturated heterocycles. The Morgan fingerprint density at radius 1 is 0.571 bits per heavy atom. The quantitative estimate of drug-likeness (QED) is 0.357. The van der Waals surface area contributed by atoms with Crippen LogP contribution >= 0.6 is 7.26 Å². The Morgan fingerprint density at radius 3 is 1.61 bits per heavy atom. The summed E-state index contributed by atoms with van der Waals surface area (Å²) in [6, 6.07) is 38.0. The Labute approximate surface area is 167 Å². The van der Waals surface area contributed by atoms with Gasteiger partial charge in [-0.15, -0.1) is 0 Å². The zero-order valence-corrected chi connectivity index (χ0v) is 16.9. The third-order valence-corrected chi connectivity index (χ3v) is 10.0. The summed E-state index contributed by atoms with van der Waals surface area (Å²) in [5.74, 6) is 0. The van der Waals surface area contributed by atoms with Crippen LogP contribution in [0.25, 0.3) is 11.1 Å². The molecule has 4 aromatic rings. The van der Waals surface area contributed by atoms with Crippen LogP contribution in [0.3, 0.4) is 0 Å². The first-order chi connectivity index (χ1) is 13.7. The maximum absolute atomic E-state index is 11.7. The molecule has 4 rings (SSSR count). The van der Waals surface area contributed by atoms with Gasteiger partial charge in [0, 0.05) is 0 Å². The molecule has 0 aromatic heterocycles. The first-order valence-corrected chi connectivity index (χ1v) is 12.0. The van der Waals surface area contributed by atoms with Crippen molar-refractivity contribution in [2.45, 2.75) is 0 Å². The van der Waals surface area contributed by atoms with Crippen molar-refractivity contribution in [1.82, 2.24) is 0 Å². The van der Waals surface area contributed by atoms with E-state index in [9.17, 15) is 4.79 Å². The third kappa shape index (κ3) is 3.19. The van der Waals surface area contributed by atoms with Gasteiger partial charge >= 0.3 is 167 Å². The molecule has 28 heavy (non-hydrogen) atoms. The van der Waals surface area contributed by atoms with Crippen LogP contribution in [0.15, 0.2) is 109 Å². The van der Waals surface area contributed by atoms with Gasteiger partial charge in [0.25, 0.3) is 0 Å². The second-order valence-corrected chi connectivity index (χ2v) is 11.1. The molecule has 0 unspecified atom stereocenters. The van der Waals surface area contributed by atoms with E-state index in [-0.39, 0.29) is 0 Å². The van der Waals surface area contributed by atoms with Crippen LogP contribution in [-0.2, 0) is 0 Å². The molecule has 0 atom stereocenters. The third-order valence-electron chi connectivity index (χ3n) is 5.55. The molecule has 0 fully saturated rings. The average molecular weight is 382 g/mol. The molecule has 0 radical (unpaired) electrons. The molecule has 0 amide bonds. The Kier molecular flexibility index (Phi) is 5.19. The number of hydrogen-bond donors (Lipinski definition) is 0. The number of benzene rings is 4. The van der Waals surface area contributed by atoms with Crippen LogP contribution in [0.4, 0.5) is 0 Å². The van der Waals surface area contributed by atoms with Gasteiger partial charge in [-0.1, -0.05) is 0 Å². The maximum atomic E-state index is 11.7. The van der Waals surface area contributed by atoms with Crippen LogP contribution in [0.1, 0.15) is 10.4 Å². The van der Waals surface area contributed by atoms with Gasteiger partial charge < -0.3 is 0 Å². The first kappa shape index (κ1) is 18.3. The van der Waals surface area contributed by atoms with Gasteiger partial charge in [0.15, 0.2) is 0 Å². The second kappa shape index (κ2) is 7.92. The standard InChI is InChI=1S/C26H23OP/c1-28(22-13-4-2-5-14-22,23-15-6-3-7-16-23)26-19-11-10-18-25(26)24-17-9-8-12-21(24)20-27/h2-20,28H,1H3. The van der Waals surface area contributed by atoms with Gasteiger partial charge in [-0.3, -0.25) is 0 Å². The molecule has 0 aliphatic rings. The summed E-state index contributed by atoms with van der Waals surface area (Å²) in [7, 11) is -2.26. The van der Waals surface area contributed by atoms with E-state index in [1.165, 1.54) is 15.9 Å². The van der Waals surface area contributed by atoms with Crippen LogP contribution in [0.2, 0.25) is 0 Å². The second-order valence-electron chi connectivity index (χ2n) is 7.11. The Hall–Kier alpha value is -3.02. The van der Waals surface area contributed by atoms with Crippen molar-refractivity contribution in [3.05, 3.63) is 115 Å². The molecule has 0 aliphatic heterocycles. The van der Waals surface area contributed by atoms with Gasteiger partial charge in [0.2, 0.25) is 0 Å². The van der Waals surface area contributed by atoms with E-state index >= 15 is 0 Å². The van der Waals surface area contributed by atoms with Crippen molar-refractivity contribution in [3.8, 4) is 11.1 Å². The number of carbonyl (C=O) groups is 1. The van der Waals surface area contributed by atoms with Gasteiger partial charge in [0.05, 0.1) is 0 Å². The SMILES string of the molecule is C[PH](c1ccccc1)(c1ccccc1)c1ccccc1-c1ccccc1C=O. The minimum atomic E-state index is -2.26. The van der Waals surface area contributed by atoms with Crippen molar-refractivity contribution in [2.24, 2.45) is 0 Å². The average Bonchev–Trinajstić information content (AvgIpc) is 2.79. The Morgan fingerprint density at radius 2 is 1.04 bits per heavy atom. The normalized spacial score (nSPS) is 11.8. The van der Waals surface area contributed by atoms with Crippen LogP contribution in [-0.4, -0.2) is 13.0 Å². The van der Waals surface area contributed by atoms with Gasteiger partial charge in [-0.25, -0.2) is 0 Å². The number of aldehydes is 1. The van der Waals surface area contributed by atoms with Crippen LogP contribution < -0.4 is 15.9 Å². The summed E-state index contributed by atoms with van der Waals surface area (Å²) < 4.78 is 0. The molecule has 0 aliphatic carbocycles. The van der Waals surface area contributed by atoms with E-state index in [4.69, 9.17) is 0 Å². The van der Waals surface area contributed by atoms with E-state index in [0.29, 0.717) is 0 Å². The molecule has 0 saturated carbocycles. The van der Waals surface area contributed by atoms with Crippen molar-refractivity contribution >= 4 is 29.5 Å². The zero-order chi connectivity index (χ0) is 19.4. The van der Waals surface area contributed by atoms with Gasteiger partial charge in [-0.2, -0.15) is 0 Å². The van der Waals surface area contributed by atoms with Crippen molar-refractivity contribution in [2.75, 3.05) is 6.66 Å². The minimum absolute atomic E-state index is 0.729. The number of carbonyl (C=O) groups excluding carboxylic acids is 1. The fourth-order valence-electron chi connectivity index (χ4n) is 4.02. The van der Waals surface area contributed by atoms with E-state index < -0.39 is 7.26 Å². The predicted octanol–water partition coefficient (Wildman–Crippen LogP) is 4.82. The predicted molar refractivity (Wildman–Crippen MR) is 123 cm³/mol. The summed E-state index contributed by atoms with van der Waals surface area (Å²) in [6.45, 7) is 2.40. The molecule has 0 heterocycles. The van der Waals surface area contributed by atoms with Crippen molar-refractivity contribution in [3.63, 3.8) is 0 Å². The number of hydrogen-bond acceptors (Lipinski definition) is 1. The van der Waals surface area contributed by atoms with Crippen LogP contribution in [0, 0.1) is 0 Å². The fourth-order valence-corrected chi connectivity index (χ4v) is 7.88. The molecule has 0 N–H and O–H groups in total. The summed E-state index contributed by atoms with van der Waals surface area (Å²) in [5, 5.41) is 4.04. The van der Waals surface area contributed by atoms with E-state index in [2.05, 4.69) is 91.6 Å². The summed E-state index contributed by atoms with van der Waals surface area (Å²) >= 11 is 0. The molecule has 2 heteroatoms. The molecule has 1 nitrogen and oxygen atoms in total. The van der Waals surface area contributed by atoms with E-state index in [0.717, 1.165) is 23.0 Å². The summed E-state index contributed by atoms with van der Waals surface area (Å²) in [6.07, 6.45) is 0.954. The van der Waals surface area contributed by atoms with Crippen LogP contribution in [0.5, 0.6) is 0 Å². The molecular formula is C26H23OP. The van der Waals surface area contributed by atoms with Gasteiger partial charge in [0.1, 0.15) is 0 Å². The topological polar surface area (TPSA) is 17.1 Å². The number of rotatable bonds is 5. The zero-order valence-electron chi connectivity index (χ0n) is 15.9. The Balaban J connectivity index is 2.04. The molecule has 4 aromatic carbocycles. The van der Waals surface area contributed by atoms with Gasteiger partial charge in [-0.05, 0) is 0 Å². The summed E-state index contributed by atoms with van der Waals surface area (Å²) in [4.78, 5) is 11.7. The first-order valence-electron chi connectivity index (χ1n) is 9.50. The van der Waals surface area contributed by atoms with Crippen molar-refractivity contribution < 1.29 is 4.79 Å². The molecule has 0 bridgehead atoms. The Bertz CT molecular complexity index is 1050.